The molecule has 0 saturated heterocycles. The Morgan fingerprint density at radius 1 is 0.952 bits per heavy atom. The van der Waals surface area contributed by atoms with E-state index in [9.17, 15) is 31.5 Å². The number of rotatable bonds is 8. The first-order chi connectivity index (χ1) is 19.0. The summed E-state index contributed by atoms with van der Waals surface area (Å²) in [5.74, 6) is -3.17. The fourth-order valence-electron chi connectivity index (χ4n) is 4.66. The Morgan fingerprint density at radius 2 is 1.50 bits per heavy atom. The van der Waals surface area contributed by atoms with Crippen molar-refractivity contribution in [1.29, 1.82) is 5.41 Å². The standard InChI is InChI=1S/C29H31F3N4O4S.BrH/c1-28(2,3)21-14-20(15-24(26(21)38)34(4)41(39,40)18-29(30,31)32)25(37)17-36-23-13-9-8-12-22(23)35(27(36)33)16-19-10-6-5-7-11-19;/h5-15,33,38H,16-18H2,1-4H3;1H. The largest absolute Gasteiger partial charge is 0.505 e. The third kappa shape index (κ3) is 6.89. The number of nitrogens with zero attached hydrogens (tertiary/aromatic N) is 3. The van der Waals surface area contributed by atoms with Crippen LogP contribution in [0.4, 0.5) is 18.9 Å². The number of hydrogen-bond donors (Lipinski definition) is 2. The number of alkyl halides is 3. The van der Waals surface area contributed by atoms with Gasteiger partial charge in [-0.1, -0.05) is 63.2 Å². The van der Waals surface area contributed by atoms with E-state index in [1.807, 2.05) is 42.5 Å². The van der Waals surface area contributed by atoms with Crippen molar-refractivity contribution >= 4 is 49.5 Å². The second-order valence-electron chi connectivity index (χ2n) is 10.9. The molecule has 0 saturated carbocycles. The molecule has 0 aliphatic heterocycles. The van der Waals surface area contributed by atoms with E-state index in [4.69, 9.17) is 5.41 Å². The van der Waals surface area contributed by atoms with Crippen LogP contribution in [0.5, 0.6) is 5.75 Å². The first-order valence-electron chi connectivity index (χ1n) is 12.7. The number of imidazole rings is 1. The van der Waals surface area contributed by atoms with Crippen molar-refractivity contribution in [3.05, 3.63) is 89.0 Å². The van der Waals surface area contributed by atoms with Crippen LogP contribution in [0.15, 0.2) is 66.7 Å². The first kappa shape index (κ1) is 32.9. The number of nitrogens with one attached hydrogen (secondary N) is 1. The number of halogens is 4. The smallest absolute Gasteiger partial charge is 0.404 e. The summed E-state index contributed by atoms with van der Waals surface area (Å²) < 4.78 is 67.8. The molecule has 0 unspecified atom stereocenters. The van der Waals surface area contributed by atoms with E-state index < -0.39 is 44.6 Å². The Kier molecular flexibility index (Phi) is 9.38. The zero-order chi connectivity index (χ0) is 30.3. The van der Waals surface area contributed by atoms with Crippen molar-refractivity contribution in [2.45, 2.75) is 45.5 Å². The molecule has 4 aromatic rings. The molecule has 0 aliphatic carbocycles. The van der Waals surface area contributed by atoms with Crippen LogP contribution in [0.2, 0.25) is 0 Å². The van der Waals surface area contributed by atoms with Crippen LogP contribution in [0.25, 0.3) is 11.0 Å². The van der Waals surface area contributed by atoms with Gasteiger partial charge in [0.15, 0.2) is 11.5 Å². The molecule has 4 rings (SSSR count). The average molecular weight is 670 g/mol. The summed E-state index contributed by atoms with van der Waals surface area (Å²) >= 11 is 0. The summed E-state index contributed by atoms with van der Waals surface area (Å²) in [7, 11) is -4.01. The summed E-state index contributed by atoms with van der Waals surface area (Å²) in [6.45, 7) is 5.25. The van der Waals surface area contributed by atoms with Crippen LogP contribution in [-0.4, -0.2) is 47.4 Å². The molecule has 226 valence electrons. The van der Waals surface area contributed by atoms with Gasteiger partial charge in [0.25, 0.3) is 0 Å². The van der Waals surface area contributed by atoms with E-state index >= 15 is 0 Å². The number of phenols is 1. The molecule has 0 spiro atoms. The monoisotopic (exact) mass is 668 g/mol. The number of carbonyl (C=O) groups excluding carboxylic acids is 1. The van der Waals surface area contributed by atoms with Crippen LogP contribution in [0.1, 0.15) is 42.3 Å². The minimum atomic E-state index is -5.00. The maximum absolute atomic E-state index is 13.7. The number of anilines is 1. The number of fused-ring (bicyclic) bond motifs is 1. The minimum Gasteiger partial charge on any atom is -0.505 e. The maximum Gasteiger partial charge on any atom is 0.404 e. The van der Waals surface area contributed by atoms with Gasteiger partial charge in [-0.15, -0.1) is 17.0 Å². The highest BCUT2D eigenvalue weighted by Crippen LogP contribution is 2.40. The molecule has 13 heteroatoms. The van der Waals surface area contributed by atoms with Crippen molar-refractivity contribution in [2.75, 3.05) is 17.1 Å². The molecule has 8 nitrogen and oxygen atoms in total. The van der Waals surface area contributed by atoms with Gasteiger partial charge in [0, 0.05) is 18.2 Å². The molecule has 0 amide bonds. The van der Waals surface area contributed by atoms with Gasteiger partial charge in [0.1, 0.15) is 5.75 Å². The minimum absolute atomic E-state index is 0. The number of ketones is 1. The van der Waals surface area contributed by atoms with Crippen molar-refractivity contribution in [2.24, 2.45) is 0 Å². The van der Waals surface area contributed by atoms with Crippen molar-refractivity contribution < 1.29 is 31.5 Å². The zero-order valence-corrected chi connectivity index (χ0v) is 26.0. The number of carbonyl (C=O) groups is 1. The molecular formula is C29H32BrF3N4O4S. The normalized spacial score (nSPS) is 12.3. The molecule has 1 aromatic heterocycles. The van der Waals surface area contributed by atoms with E-state index in [-0.39, 0.29) is 40.3 Å². The van der Waals surface area contributed by atoms with Gasteiger partial charge in [-0.05, 0) is 35.2 Å². The van der Waals surface area contributed by atoms with Gasteiger partial charge in [0.2, 0.25) is 15.6 Å². The predicted molar refractivity (Wildman–Crippen MR) is 161 cm³/mol. The highest BCUT2D eigenvalue weighted by atomic mass is 79.9. The molecule has 42 heavy (non-hydrogen) atoms. The number of hydrogen-bond acceptors (Lipinski definition) is 5. The number of sulfonamides is 1. The summed E-state index contributed by atoms with van der Waals surface area (Å²) in [5, 5.41) is 19.8. The third-order valence-corrected chi connectivity index (χ3v) is 8.51. The Morgan fingerprint density at radius 3 is 2.05 bits per heavy atom. The van der Waals surface area contributed by atoms with Crippen molar-refractivity contribution in [1.82, 2.24) is 9.13 Å². The van der Waals surface area contributed by atoms with E-state index in [0.717, 1.165) is 24.2 Å². The van der Waals surface area contributed by atoms with Crippen molar-refractivity contribution in [3.8, 4) is 5.75 Å². The fourth-order valence-corrected chi connectivity index (χ4v) is 5.71. The lowest BCUT2D eigenvalue weighted by Crippen LogP contribution is -2.35. The maximum atomic E-state index is 13.7. The fraction of sp³-hybridized carbons (Fsp3) is 0.310. The van der Waals surface area contributed by atoms with Gasteiger partial charge in [0.05, 0.1) is 29.8 Å². The van der Waals surface area contributed by atoms with E-state index in [2.05, 4.69) is 0 Å². The molecular weight excluding hydrogens is 637 g/mol. The summed E-state index contributed by atoms with van der Waals surface area (Å²) in [6.07, 6.45) is -5.00. The van der Waals surface area contributed by atoms with Gasteiger partial charge in [-0.2, -0.15) is 13.2 Å². The Bertz CT molecular complexity index is 1780. The topological polar surface area (TPSA) is 108 Å². The zero-order valence-electron chi connectivity index (χ0n) is 23.4. The number of benzene rings is 3. The molecule has 0 aliphatic rings. The van der Waals surface area contributed by atoms with E-state index in [1.165, 1.54) is 10.6 Å². The Labute approximate surface area is 252 Å². The second-order valence-corrected chi connectivity index (χ2v) is 12.9. The molecule has 0 atom stereocenters. The highest BCUT2D eigenvalue weighted by Gasteiger charge is 2.38. The number of para-hydroxylation sites is 2. The lowest BCUT2D eigenvalue weighted by Gasteiger charge is -2.27. The molecule has 2 N–H and O–H groups in total. The predicted octanol–water partition coefficient (Wildman–Crippen LogP) is 5.76. The van der Waals surface area contributed by atoms with Crippen LogP contribution >= 0.6 is 17.0 Å². The number of Topliss-reactive ketones (excluding diaryl/α,β-unsaturated/α-hetero) is 1. The third-order valence-electron chi connectivity index (χ3n) is 6.78. The quantitative estimate of drug-likeness (QED) is 0.233. The molecule has 1 heterocycles. The van der Waals surface area contributed by atoms with Crippen LogP contribution in [0.3, 0.4) is 0 Å². The van der Waals surface area contributed by atoms with E-state index in [1.54, 1.807) is 37.5 Å². The van der Waals surface area contributed by atoms with E-state index in [0.29, 0.717) is 16.4 Å². The Balaban J connectivity index is 0.00000484. The Hall–Kier alpha value is -3.58. The number of aromatic nitrogens is 2. The average Bonchev–Trinajstić information content (AvgIpc) is 3.13. The number of aromatic hydroxyl groups is 1. The van der Waals surface area contributed by atoms with Crippen molar-refractivity contribution in [3.63, 3.8) is 0 Å². The number of phenolic OH excluding ortho intramolecular Hbond substituents is 1. The molecule has 0 radical (unpaired) electrons. The lowest BCUT2D eigenvalue weighted by molar-refractivity contribution is -0.106. The summed E-state index contributed by atoms with van der Waals surface area (Å²) in [5.41, 5.74) is 1.33. The van der Waals surface area contributed by atoms with Gasteiger partial charge in [-0.25, -0.2) is 8.42 Å². The van der Waals surface area contributed by atoms with Gasteiger partial charge >= 0.3 is 6.18 Å². The van der Waals surface area contributed by atoms with Gasteiger partial charge < -0.3 is 14.2 Å². The molecule has 0 fully saturated rings. The van der Waals surface area contributed by atoms with Crippen LogP contribution < -0.4 is 9.92 Å². The highest BCUT2D eigenvalue weighted by molar-refractivity contribution is 8.93. The van der Waals surface area contributed by atoms with Crippen LogP contribution in [-0.2, 0) is 28.5 Å². The second kappa shape index (κ2) is 12.0. The SMILES string of the molecule is Br.CN(c1cc(C(=O)Cn2c(=N)n(Cc3ccccc3)c3ccccc32)cc(C(C)(C)C)c1O)S(=O)(=O)CC(F)(F)F. The molecule has 3 aromatic carbocycles. The lowest BCUT2D eigenvalue weighted by atomic mass is 9.84. The van der Waals surface area contributed by atoms with Crippen LogP contribution in [0, 0.1) is 5.41 Å². The molecule has 0 bridgehead atoms. The first-order valence-corrected chi connectivity index (χ1v) is 14.3. The van der Waals surface area contributed by atoms with Gasteiger partial charge in [-0.3, -0.25) is 14.5 Å². The summed E-state index contributed by atoms with van der Waals surface area (Å²) in [6, 6.07) is 19.3. The summed E-state index contributed by atoms with van der Waals surface area (Å²) in [4.78, 5) is 13.7.